The molecule has 116 valence electrons. The van der Waals surface area contributed by atoms with Crippen LogP contribution in [0.15, 0.2) is 18.2 Å². The number of rotatable bonds is 9. The lowest BCUT2D eigenvalue weighted by atomic mass is 10.2. The lowest BCUT2D eigenvalue weighted by molar-refractivity contribution is -0.115. The number of anilines is 1. The Morgan fingerprint density at radius 3 is 2.62 bits per heavy atom. The first-order chi connectivity index (χ1) is 10.0. The first kappa shape index (κ1) is 17.4. The Kier molecular flexibility index (Phi) is 7.74. The van der Waals surface area contributed by atoms with Crippen LogP contribution >= 0.6 is 11.6 Å². The molecule has 0 fully saturated rings. The minimum absolute atomic E-state index is 0.0617. The van der Waals surface area contributed by atoms with E-state index in [9.17, 15) is 9.59 Å². The molecular weight excluding hydrogens is 296 g/mol. The fourth-order valence-electron chi connectivity index (χ4n) is 1.69. The molecule has 1 rings (SSSR count). The molecule has 7 heteroatoms. The van der Waals surface area contributed by atoms with Crippen LogP contribution < -0.4 is 10.6 Å². The number of amides is 1. The minimum atomic E-state index is -1.08. The van der Waals surface area contributed by atoms with Gasteiger partial charge in [-0.05, 0) is 44.0 Å². The quantitative estimate of drug-likeness (QED) is 0.520. The SMILES string of the molecule is O=C(CNCCCCCO)Nc1cc(C(=O)O)ccc1Cl. The standard InChI is InChI=1S/C14H19ClN2O4/c15-11-5-4-10(14(20)21)8-12(11)17-13(19)9-16-6-2-1-3-7-18/h4-5,8,16,18H,1-3,6-7,9H2,(H,17,19)(H,20,21). The van der Waals surface area contributed by atoms with Gasteiger partial charge >= 0.3 is 5.97 Å². The maximum absolute atomic E-state index is 11.7. The molecule has 0 aliphatic carbocycles. The van der Waals surface area contributed by atoms with Gasteiger partial charge in [0.1, 0.15) is 0 Å². The van der Waals surface area contributed by atoms with E-state index in [0.717, 1.165) is 19.3 Å². The van der Waals surface area contributed by atoms with Crippen LogP contribution in [0.25, 0.3) is 0 Å². The molecular formula is C14H19ClN2O4. The molecule has 4 N–H and O–H groups in total. The second-order valence-electron chi connectivity index (χ2n) is 4.51. The lowest BCUT2D eigenvalue weighted by Crippen LogP contribution is -2.29. The number of carboxylic acid groups (broad SMARTS) is 1. The van der Waals surface area contributed by atoms with Crippen LogP contribution in [0.3, 0.4) is 0 Å². The number of aliphatic hydroxyl groups excluding tert-OH is 1. The van der Waals surface area contributed by atoms with Gasteiger partial charge < -0.3 is 20.8 Å². The van der Waals surface area contributed by atoms with Crippen molar-refractivity contribution in [3.05, 3.63) is 28.8 Å². The summed E-state index contributed by atoms with van der Waals surface area (Å²) in [7, 11) is 0. The van der Waals surface area contributed by atoms with Gasteiger partial charge in [-0.15, -0.1) is 0 Å². The number of nitrogens with one attached hydrogen (secondary N) is 2. The van der Waals surface area contributed by atoms with Crippen molar-refractivity contribution in [1.82, 2.24) is 5.32 Å². The highest BCUT2D eigenvalue weighted by Crippen LogP contribution is 2.22. The molecule has 0 aliphatic rings. The summed E-state index contributed by atoms with van der Waals surface area (Å²) in [5.41, 5.74) is 0.343. The highest BCUT2D eigenvalue weighted by molar-refractivity contribution is 6.33. The Balaban J connectivity index is 2.40. The summed E-state index contributed by atoms with van der Waals surface area (Å²) < 4.78 is 0. The van der Waals surface area contributed by atoms with Crippen LogP contribution in [0.1, 0.15) is 29.6 Å². The highest BCUT2D eigenvalue weighted by Gasteiger charge is 2.09. The van der Waals surface area contributed by atoms with Crippen LogP contribution in [-0.4, -0.2) is 41.8 Å². The third-order valence-electron chi connectivity index (χ3n) is 2.78. The van der Waals surface area contributed by atoms with E-state index in [1.54, 1.807) is 0 Å². The molecule has 21 heavy (non-hydrogen) atoms. The lowest BCUT2D eigenvalue weighted by Gasteiger charge is -2.09. The molecule has 0 bridgehead atoms. The molecule has 0 heterocycles. The van der Waals surface area contributed by atoms with Gasteiger partial charge in [0.2, 0.25) is 5.91 Å². The topological polar surface area (TPSA) is 98.7 Å². The molecule has 0 unspecified atom stereocenters. The Labute approximate surface area is 128 Å². The van der Waals surface area contributed by atoms with Gasteiger partial charge in [0.15, 0.2) is 0 Å². The molecule has 1 aromatic rings. The summed E-state index contributed by atoms with van der Waals surface area (Å²) in [6, 6.07) is 4.13. The predicted molar refractivity (Wildman–Crippen MR) is 80.8 cm³/mol. The molecule has 0 radical (unpaired) electrons. The maximum Gasteiger partial charge on any atom is 0.335 e. The zero-order chi connectivity index (χ0) is 15.7. The highest BCUT2D eigenvalue weighted by atomic mass is 35.5. The van der Waals surface area contributed by atoms with Gasteiger partial charge in [-0.1, -0.05) is 11.6 Å². The van der Waals surface area contributed by atoms with Gasteiger partial charge in [0.05, 0.1) is 22.8 Å². The first-order valence-corrected chi connectivity index (χ1v) is 7.06. The zero-order valence-electron chi connectivity index (χ0n) is 11.6. The summed E-state index contributed by atoms with van der Waals surface area (Å²) in [5, 5.41) is 23.3. The van der Waals surface area contributed by atoms with Crippen molar-refractivity contribution in [2.24, 2.45) is 0 Å². The molecule has 6 nitrogen and oxygen atoms in total. The van der Waals surface area contributed by atoms with Gasteiger partial charge in [0, 0.05) is 6.61 Å². The molecule has 0 saturated heterocycles. The van der Waals surface area contributed by atoms with E-state index < -0.39 is 5.97 Å². The number of hydrogen-bond acceptors (Lipinski definition) is 4. The van der Waals surface area contributed by atoms with Crippen molar-refractivity contribution in [1.29, 1.82) is 0 Å². The van der Waals surface area contributed by atoms with Crippen molar-refractivity contribution in [3.8, 4) is 0 Å². The molecule has 0 aromatic heterocycles. The summed E-state index contributed by atoms with van der Waals surface area (Å²) in [6.45, 7) is 0.974. The maximum atomic E-state index is 11.7. The number of hydrogen-bond donors (Lipinski definition) is 4. The number of carboxylic acids is 1. The smallest absolute Gasteiger partial charge is 0.335 e. The number of aliphatic hydroxyl groups is 1. The van der Waals surface area contributed by atoms with Gasteiger partial charge in [-0.2, -0.15) is 0 Å². The van der Waals surface area contributed by atoms with Crippen LogP contribution in [0.2, 0.25) is 5.02 Å². The van der Waals surface area contributed by atoms with E-state index in [2.05, 4.69) is 10.6 Å². The average molecular weight is 315 g/mol. The largest absolute Gasteiger partial charge is 0.478 e. The number of carbonyl (C=O) groups excluding carboxylic acids is 1. The third-order valence-corrected chi connectivity index (χ3v) is 3.11. The minimum Gasteiger partial charge on any atom is -0.478 e. The van der Waals surface area contributed by atoms with Crippen molar-refractivity contribution in [2.45, 2.75) is 19.3 Å². The third kappa shape index (κ3) is 6.57. The Morgan fingerprint density at radius 2 is 1.95 bits per heavy atom. The van der Waals surface area contributed by atoms with E-state index in [-0.39, 0.29) is 35.3 Å². The Bertz CT molecular complexity index is 494. The van der Waals surface area contributed by atoms with Crippen molar-refractivity contribution in [2.75, 3.05) is 25.0 Å². The van der Waals surface area contributed by atoms with E-state index in [4.69, 9.17) is 21.8 Å². The van der Waals surface area contributed by atoms with Crippen LogP contribution in [0, 0.1) is 0 Å². The Morgan fingerprint density at radius 1 is 1.19 bits per heavy atom. The molecule has 0 spiro atoms. The summed E-state index contributed by atoms with van der Waals surface area (Å²) in [6.07, 6.45) is 2.53. The fraction of sp³-hybridized carbons (Fsp3) is 0.429. The molecule has 0 atom stereocenters. The molecule has 0 saturated carbocycles. The summed E-state index contributed by atoms with van der Waals surface area (Å²) >= 11 is 5.91. The number of halogens is 1. The van der Waals surface area contributed by atoms with Gasteiger partial charge in [-0.3, -0.25) is 4.79 Å². The van der Waals surface area contributed by atoms with Crippen molar-refractivity contribution in [3.63, 3.8) is 0 Å². The van der Waals surface area contributed by atoms with Crippen LogP contribution in [-0.2, 0) is 4.79 Å². The molecule has 0 aliphatic heterocycles. The fourth-order valence-corrected chi connectivity index (χ4v) is 1.85. The second-order valence-corrected chi connectivity index (χ2v) is 4.92. The van der Waals surface area contributed by atoms with E-state index in [1.807, 2.05) is 0 Å². The van der Waals surface area contributed by atoms with Crippen molar-refractivity contribution < 1.29 is 19.8 Å². The second kappa shape index (κ2) is 9.33. The Hall–Kier alpha value is -1.63. The molecule has 1 amide bonds. The van der Waals surface area contributed by atoms with Crippen molar-refractivity contribution >= 4 is 29.2 Å². The molecule has 1 aromatic carbocycles. The summed E-state index contributed by atoms with van der Waals surface area (Å²) in [4.78, 5) is 22.6. The number of benzene rings is 1. The average Bonchev–Trinajstić information content (AvgIpc) is 2.44. The van der Waals surface area contributed by atoms with Crippen LogP contribution in [0.5, 0.6) is 0 Å². The normalized spacial score (nSPS) is 10.4. The van der Waals surface area contributed by atoms with E-state index in [1.165, 1.54) is 18.2 Å². The van der Waals surface area contributed by atoms with Crippen LogP contribution in [0.4, 0.5) is 5.69 Å². The number of unbranched alkanes of at least 4 members (excludes halogenated alkanes) is 2. The van der Waals surface area contributed by atoms with Gasteiger partial charge in [-0.25, -0.2) is 4.79 Å². The number of carbonyl (C=O) groups is 2. The summed E-state index contributed by atoms with van der Waals surface area (Å²) in [5.74, 6) is -1.37. The van der Waals surface area contributed by atoms with Gasteiger partial charge in [0.25, 0.3) is 0 Å². The zero-order valence-corrected chi connectivity index (χ0v) is 12.3. The number of aromatic carboxylic acids is 1. The van der Waals surface area contributed by atoms with E-state index in [0.29, 0.717) is 6.54 Å². The van der Waals surface area contributed by atoms with E-state index >= 15 is 0 Å². The monoisotopic (exact) mass is 314 g/mol. The first-order valence-electron chi connectivity index (χ1n) is 6.69. The predicted octanol–water partition coefficient (Wildman–Crippen LogP) is 1.73.